The number of aliphatic hydroxyl groups excluding tert-OH is 1. The molecule has 10 nitrogen and oxygen atoms in total. The van der Waals surface area contributed by atoms with Crippen LogP contribution in [0, 0.1) is 11.8 Å². The quantitative estimate of drug-likeness (QED) is 0.165. The summed E-state index contributed by atoms with van der Waals surface area (Å²) in [6.45, 7) is 6.93. The smallest absolute Gasteiger partial charge is 0.269 e. The molecule has 0 unspecified atom stereocenters. The Labute approximate surface area is 344 Å². The van der Waals surface area contributed by atoms with E-state index in [1.807, 2.05) is 103 Å². The minimum atomic E-state index is -1.36. The van der Waals surface area contributed by atoms with Gasteiger partial charge in [-0.15, -0.1) is 0 Å². The van der Waals surface area contributed by atoms with Gasteiger partial charge in [0.25, 0.3) is 11.8 Å². The van der Waals surface area contributed by atoms with E-state index in [1.165, 1.54) is 0 Å². The van der Waals surface area contributed by atoms with Gasteiger partial charge in [0.05, 0.1) is 50.2 Å². The van der Waals surface area contributed by atoms with Gasteiger partial charge < -0.3 is 29.1 Å². The van der Waals surface area contributed by atoms with Crippen LogP contribution in [0.2, 0.25) is 0 Å². The second-order valence-corrected chi connectivity index (χ2v) is 16.8. The van der Waals surface area contributed by atoms with Gasteiger partial charge in [-0.25, -0.2) is 0 Å². The second kappa shape index (κ2) is 15.0. The second-order valence-electron chi connectivity index (χ2n) is 16.8. The van der Waals surface area contributed by atoms with E-state index in [2.05, 4.69) is 39.0 Å². The van der Waals surface area contributed by atoms with Crippen LogP contribution in [0.15, 0.2) is 121 Å². The van der Waals surface area contributed by atoms with Gasteiger partial charge in [0.15, 0.2) is 12.2 Å². The molecular formula is C49H49N3O7. The Hall–Kier alpha value is -5.97. The summed E-state index contributed by atoms with van der Waals surface area (Å²) in [6, 6.07) is 38.7. The zero-order chi connectivity index (χ0) is 41.1. The summed E-state index contributed by atoms with van der Waals surface area (Å²) in [5, 5.41) is 10.5. The van der Waals surface area contributed by atoms with Crippen LogP contribution in [0.3, 0.4) is 0 Å². The summed E-state index contributed by atoms with van der Waals surface area (Å²) in [5.41, 5.74) is 5.20. The van der Waals surface area contributed by atoms with Crippen molar-refractivity contribution in [3.8, 4) is 11.5 Å². The van der Waals surface area contributed by atoms with E-state index in [4.69, 9.17) is 14.2 Å². The van der Waals surface area contributed by atoms with Crippen LogP contribution in [0.25, 0.3) is 0 Å². The molecule has 9 rings (SSSR count). The van der Waals surface area contributed by atoms with Gasteiger partial charge in [-0.3, -0.25) is 19.3 Å². The number of hydrogen-bond acceptors (Lipinski definition) is 7. The Balaban J connectivity index is 1.05. The van der Waals surface area contributed by atoms with Gasteiger partial charge in [0.1, 0.15) is 11.5 Å². The minimum absolute atomic E-state index is 0.0467. The molecule has 10 heteroatoms. The van der Waals surface area contributed by atoms with Crippen LogP contribution in [-0.2, 0) is 49.6 Å². The number of carbonyl (C=O) groups is 3. The van der Waals surface area contributed by atoms with E-state index in [-0.39, 0.29) is 61.8 Å². The van der Waals surface area contributed by atoms with E-state index in [9.17, 15) is 14.7 Å². The number of ether oxygens (including phenoxy) is 3. The van der Waals surface area contributed by atoms with Gasteiger partial charge in [0.2, 0.25) is 5.91 Å². The van der Waals surface area contributed by atoms with E-state index in [1.54, 1.807) is 21.8 Å². The fraction of sp³-hybridized carbons (Fsp3) is 0.327. The van der Waals surface area contributed by atoms with E-state index in [0.717, 1.165) is 39.3 Å². The lowest BCUT2D eigenvalue weighted by Crippen LogP contribution is -2.48. The van der Waals surface area contributed by atoms with Gasteiger partial charge in [-0.1, -0.05) is 99.6 Å². The van der Waals surface area contributed by atoms with Crippen molar-refractivity contribution in [2.45, 2.75) is 69.9 Å². The highest BCUT2D eigenvalue weighted by atomic mass is 16.5. The predicted octanol–water partition coefficient (Wildman–Crippen LogP) is 7.46. The molecule has 4 aliphatic rings. The molecule has 5 atom stereocenters. The standard InChI is InChI=1S/C49H49N3O7/c1-31-46(48(2,3)35-19-23-38(57-4)24-20-35)43(26-44(54)50-28-34-12-6-5-11-33(34)25-37(50)29-53)59-49(31)39-13-7-8-14-40(39)51(47(49)56)27-32-17-21-36(22-18-32)52-41-15-9-10-16-42(41)58-30-45(52)55/h5-24,31,37,43,46,53H,25-30H2,1-4H3/t31-,37-,43+,46-,49+/m0/s1. The number of hydrogen-bond donors (Lipinski definition) is 1. The third-order valence-electron chi connectivity index (χ3n) is 13.2. The van der Waals surface area contributed by atoms with Crippen molar-refractivity contribution in [3.63, 3.8) is 0 Å². The number of methoxy groups -OCH3 is 1. The average Bonchev–Trinajstić information content (AvgIpc) is 3.69. The maximum atomic E-state index is 15.3. The molecule has 0 bridgehead atoms. The highest BCUT2D eigenvalue weighted by Gasteiger charge is 2.66. The van der Waals surface area contributed by atoms with Crippen LogP contribution in [0.4, 0.5) is 17.1 Å². The lowest BCUT2D eigenvalue weighted by Gasteiger charge is -2.40. The first kappa shape index (κ1) is 38.5. The molecule has 1 spiro atoms. The van der Waals surface area contributed by atoms with Crippen molar-refractivity contribution in [2.24, 2.45) is 11.8 Å². The summed E-state index contributed by atoms with van der Waals surface area (Å²) >= 11 is 0. The molecular weight excluding hydrogens is 743 g/mol. The van der Waals surface area contributed by atoms with E-state index >= 15 is 4.79 Å². The number of amides is 3. The number of benzene rings is 5. The third-order valence-corrected chi connectivity index (χ3v) is 13.2. The van der Waals surface area contributed by atoms with Crippen molar-refractivity contribution >= 4 is 34.8 Å². The maximum Gasteiger partial charge on any atom is 0.269 e. The highest BCUT2D eigenvalue weighted by Crippen LogP contribution is 2.60. The SMILES string of the molecule is COc1ccc(C(C)(C)[C@@H]2[C@@H](CC(=O)N3Cc4ccccc4C[C@H]3CO)O[C@]3(C(=O)N(Cc4ccc(N5C(=O)COc6ccccc65)cc4)c4ccccc43)[C@H]2C)cc1. The van der Waals surface area contributed by atoms with Crippen molar-refractivity contribution in [2.75, 3.05) is 30.1 Å². The summed E-state index contributed by atoms with van der Waals surface area (Å²) in [5.74, 6) is 0.338. The van der Waals surface area contributed by atoms with Crippen molar-refractivity contribution in [3.05, 3.63) is 149 Å². The van der Waals surface area contributed by atoms with Gasteiger partial charge in [-0.2, -0.15) is 0 Å². The van der Waals surface area contributed by atoms with Crippen LogP contribution in [0.5, 0.6) is 11.5 Å². The van der Waals surface area contributed by atoms with Crippen LogP contribution < -0.4 is 19.3 Å². The minimum Gasteiger partial charge on any atom is -0.497 e. The Kier molecular flexibility index (Phi) is 9.80. The summed E-state index contributed by atoms with van der Waals surface area (Å²) in [7, 11) is 1.64. The van der Waals surface area contributed by atoms with Crippen LogP contribution in [0.1, 0.15) is 55.0 Å². The monoisotopic (exact) mass is 791 g/mol. The maximum absolute atomic E-state index is 15.3. The number of anilines is 3. The van der Waals surface area contributed by atoms with Crippen LogP contribution >= 0.6 is 0 Å². The first-order valence-electron chi connectivity index (χ1n) is 20.4. The molecule has 1 fully saturated rings. The lowest BCUT2D eigenvalue weighted by atomic mass is 9.63. The molecule has 4 aliphatic heterocycles. The molecule has 0 saturated carbocycles. The third kappa shape index (κ3) is 6.37. The average molecular weight is 792 g/mol. The van der Waals surface area contributed by atoms with E-state index in [0.29, 0.717) is 30.1 Å². The number of aliphatic hydroxyl groups is 1. The largest absolute Gasteiger partial charge is 0.497 e. The van der Waals surface area contributed by atoms with Gasteiger partial charge in [0, 0.05) is 29.6 Å². The number of nitrogens with zero attached hydrogens (tertiary/aromatic N) is 3. The molecule has 4 heterocycles. The lowest BCUT2D eigenvalue weighted by molar-refractivity contribution is -0.151. The molecule has 59 heavy (non-hydrogen) atoms. The fourth-order valence-electron chi connectivity index (χ4n) is 10.3. The van der Waals surface area contributed by atoms with Gasteiger partial charge >= 0.3 is 0 Å². The molecule has 302 valence electrons. The Morgan fingerprint density at radius 3 is 2.27 bits per heavy atom. The number of carbonyl (C=O) groups excluding carboxylic acids is 3. The first-order chi connectivity index (χ1) is 28.5. The zero-order valence-corrected chi connectivity index (χ0v) is 33.8. The zero-order valence-electron chi connectivity index (χ0n) is 33.8. The Morgan fingerprint density at radius 2 is 1.54 bits per heavy atom. The summed E-state index contributed by atoms with van der Waals surface area (Å²) in [4.78, 5) is 48.3. The molecule has 0 aliphatic carbocycles. The Bertz CT molecular complexity index is 2410. The molecule has 5 aromatic rings. The van der Waals surface area contributed by atoms with Crippen molar-refractivity contribution in [1.82, 2.24) is 4.90 Å². The number of para-hydroxylation sites is 3. The Morgan fingerprint density at radius 1 is 0.864 bits per heavy atom. The van der Waals surface area contributed by atoms with E-state index < -0.39 is 17.1 Å². The molecule has 5 aromatic carbocycles. The first-order valence-corrected chi connectivity index (χ1v) is 20.4. The molecule has 1 N–H and O–H groups in total. The highest BCUT2D eigenvalue weighted by molar-refractivity contribution is 6.08. The van der Waals surface area contributed by atoms with Crippen molar-refractivity contribution in [1.29, 1.82) is 0 Å². The predicted molar refractivity (Wildman–Crippen MR) is 225 cm³/mol. The van der Waals surface area contributed by atoms with Gasteiger partial charge in [-0.05, 0) is 76.6 Å². The summed E-state index contributed by atoms with van der Waals surface area (Å²) < 4.78 is 18.4. The number of rotatable bonds is 9. The molecule has 0 radical (unpaired) electrons. The van der Waals surface area contributed by atoms with Crippen molar-refractivity contribution < 1.29 is 33.7 Å². The number of fused-ring (bicyclic) bond motifs is 4. The molecule has 0 aromatic heterocycles. The van der Waals surface area contributed by atoms with Crippen LogP contribution in [-0.4, -0.2) is 60.2 Å². The normalized spacial score (nSPS) is 23.5. The molecule has 3 amide bonds. The summed E-state index contributed by atoms with van der Waals surface area (Å²) in [6.07, 6.45) is -0.00522. The topological polar surface area (TPSA) is 109 Å². The molecule has 1 saturated heterocycles. The fourth-order valence-corrected chi connectivity index (χ4v) is 10.3.